The maximum absolute atomic E-state index is 6.85. The molecular weight excluding hydrogens is 952 g/mol. The maximum Gasteiger partial charge on any atom is 0.135 e. The number of aromatic nitrogens is 2. The Morgan fingerprint density at radius 1 is 0.556 bits per heavy atom. The summed E-state index contributed by atoms with van der Waals surface area (Å²) in [6, 6.07) is 57.1. The van der Waals surface area contributed by atoms with Gasteiger partial charge in [0.15, 0.2) is 0 Å². The first-order valence-corrected chi connectivity index (χ1v) is 21.3. The third-order valence-corrected chi connectivity index (χ3v) is 11.8. The van der Waals surface area contributed by atoms with Crippen molar-refractivity contribution in [3.63, 3.8) is 0 Å². The molecule has 0 saturated heterocycles. The van der Waals surface area contributed by atoms with Crippen LogP contribution in [0.4, 0.5) is 11.4 Å². The largest absolute Gasteiger partial charge is 0.509 e. The second-order valence-corrected chi connectivity index (χ2v) is 19.4. The number of hydrogen-bond donors (Lipinski definition) is 0. The van der Waals surface area contributed by atoms with Crippen LogP contribution in [0, 0.1) is 19.6 Å². The molecule has 0 N–H and O–H groups in total. The van der Waals surface area contributed by atoms with Crippen molar-refractivity contribution < 1.29 is 25.8 Å². The summed E-state index contributed by atoms with van der Waals surface area (Å²) in [5, 5.41) is 2.24. The topological polar surface area (TPSA) is 33.5 Å². The van der Waals surface area contributed by atoms with Crippen LogP contribution in [0.2, 0.25) is 0 Å². The Kier molecular flexibility index (Phi) is 12.4. The molecule has 0 bridgehead atoms. The predicted octanol–water partition coefficient (Wildman–Crippen LogP) is 14.9. The first-order chi connectivity index (χ1) is 29.1. The van der Waals surface area contributed by atoms with E-state index >= 15 is 0 Å². The molecule has 0 spiro atoms. The van der Waals surface area contributed by atoms with Gasteiger partial charge in [0.1, 0.15) is 5.82 Å². The molecule has 0 atom stereocenters. The molecule has 63 heavy (non-hydrogen) atoms. The molecule has 0 aliphatic carbocycles. The Balaban J connectivity index is 0.00000298. The number of benzene rings is 6. The smallest absolute Gasteiger partial charge is 0.135 e. The number of rotatable bonds is 7. The summed E-state index contributed by atoms with van der Waals surface area (Å²) in [6.07, 6.45) is 4.19. The molecule has 0 fully saturated rings. The zero-order valence-corrected chi connectivity index (χ0v) is 40.4. The number of ether oxygens (including phenoxy) is 1. The maximum atomic E-state index is 6.85. The van der Waals surface area contributed by atoms with Gasteiger partial charge in [-0.05, 0) is 79.8 Å². The van der Waals surface area contributed by atoms with Crippen LogP contribution in [0.3, 0.4) is 0 Å². The van der Waals surface area contributed by atoms with Crippen LogP contribution in [0.15, 0.2) is 152 Å². The zero-order valence-electron chi connectivity index (χ0n) is 38.2. The van der Waals surface area contributed by atoms with Crippen molar-refractivity contribution in [2.24, 2.45) is 0 Å². The average molecular weight is 1010 g/mol. The number of para-hydroxylation sites is 1. The van der Waals surface area contributed by atoms with E-state index in [1.165, 1.54) is 22.3 Å². The summed E-state index contributed by atoms with van der Waals surface area (Å²) in [5.74, 6) is 2.12. The Morgan fingerprint density at radius 3 is 1.87 bits per heavy atom. The first-order valence-electron chi connectivity index (χ1n) is 21.3. The van der Waals surface area contributed by atoms with Gasteiger partial charge in [-0.1, -0.05) is 158 Å². The fourth-order valence-corrected chi connectivity index (χ4v) is 8.15. The minimum atomic E-state index is -0.159. The molecule has 324 valence electrons. The SMILES string of the molecule is CC(C)(C)c1cc(Oc2[c-]c3c(cc2)c2ccccc2n3-c2cc(C(C)(C)C)ccn2)[c-]c(N2CN(c3cc(-c4ccccc4)cc(C(C)(C)C)c3)C=C2c2ccccc2)c1.[CH3-].[Pt]. The summed E-state index contributed by atoms with van der Waals surface area (Å²) in [6.45, 7) is 20.9. The number of anilines is 2. The van der Waals surface area contributed by atoms with E-state index in [0.717, 1.165) is 55.8 Å². The molecule has 5 nitrogen and oxygen atoms in total. The molecule has 9 rings (SSSR count). The van der Waals surface area contributed by atoms with Gasteiger partial charge in [0.05, 0.1) is 12.4 Å². The predicted molar refractivity (Wildman–Crippen MR) is 261 cm³/mol. The molecule has 2 aromatic heterocycles. The summed E-state index contributed by atoms with van der Waals surface area (Å²) in [5.41, 5.74) is 12.2. The third kappa shape index (κ3) is 9.13. The molecule has 0 unspecified atom stereocenters. The van der Waals surface area contributed by atoms with Crippen molar-refractivity contribution in [3.8, 4) is 28.4 Å². The summed E-state index contributed by atoms with van der Waals surface area (Å²) >= 11 is 0. The standard InChI is InChI=1S/C56H54N4O.CH3.Pt/c1-54(2,3)41-26-27-57-53(33-41)60-50-23-17-16-22-48(50)49-25-24-46(35-51(49)60)61-47-32-43(56(7,8)9)31-45(34-47)59-37-58(36-52(59)39-20-14-11-15-21-39)44-29-40(38-18-12-10-13-19-38)28-42(30-44)55(4,5)6;;/h10-33,36H,37H2,1-9H3;1H3;/q-2;-1;. The van der Waals surface area contributed by atoms with Crippen molar-refractivity contribution in [3.05, 3.63) is 194 Å². The van der Waals surface area contributed by atoms with Gasteiger partial charge in [0.25, 0.3) is 0 Å². The van der Waals surface area contributed by atoms with E-state index in [2.05, 4.69) is 228 Å². The second-order valence-electron chi connectivity index (χ2n) is 19.4. The molecule has 1 aliphatic heterocycles. The van der Waals surface area contributed by atoms with Crippen molar-refractivity contribution in [2.75, 3.05) is 16.5 Å². The number of nitrogens with zero attached hydrogens (tertiary/aromatic N) is 4. The summed E-state index contributed by atoms with van der Waals surface area (Å²) < 4.78 is 9.06. The fourth-order valence-electron chi connectivity index (χ4n) is 8.15. The van der Waals surface area contributed by atoms with Gasteiger partial charge in [-0.2, -0.15) is 6.07 Å². The molecule has 0 radical (unpaired) electrons. The number of hydrogen-bond acceptors (Lipinski definition) is 4. The molecule has 6 heteroatoms. The van der Waals surface area contributed by atoms with E-state index in [4.69, 9.17) is 9.72 Å². The van der Waals surface area contributed by atoms with Crippen LogP contribution in [0.5, 0.6) is 11.5 Å². The molecular formula is C57H57N4OPt-3. The molecule has 3 heterocycles. The Morgan fingerprint density at radius 2 is 1.19 bits per heavy atom. The average Bonchev–Trinajstić information content (AvgIpc) is 3.84. The minimum Gasteiger partial charge on any atom is -0.509 e. The van der Waals surface area contributed by atoms with Crippen molar-refractivity contribution in [2.45, 2.75) is 78.6 Å². The number of pyridine rings is 1. The van der Waals surface area contributed by atoms with Gasteiger partial charge in [-0.25, -0.2) is 4.98 Å². The van der Waals surface area contributed by atoms with Gasteiger partial charge in [0, 0.05) is 56.2 Å². The van der Waals surface area contributed by atoms with E-state index in [9.17, 15) is 0 Å². The normalized spacial score (nSPS) is 13.2. The van der Waals surface area contributed by atoms with Crippen LogP contribution in [-0.2, 0) is 37.3 Å². The molecule has 0 saturated carbocycles. The second kappa shape index (κ2) is 17.3. The Bertz CT molecular complexity index is 2930. The van der Waals surface area contributed by atoms with Gasteiger partial charge in [-0.15, -0.1) is 41.3 Å². The minimum absolute atomic E-state index is 0. The monoisotopic (exact) mass is 1010 g/mol. The van der Waals surface area contributed by atoms with Gasteiger partial charge < -0.3 is 26.5 Å². The quantitative estimate of drug-likeness (QED) is 0.149. The van der Waals surface area contributed by atoms with Crippen molar-refractivity contribution in [1.82, 2.24) is 9.55 Å². The molecule has 0 amide bonds. The molecule has 1 aliphatic rings. The zero-order chi connectivity index (χ0) is 42.7. The summed E-state index contributed by atoms with van der Waals surface area (Å²) in [4.78, 5) is 9.61. The molecule has 6 aromatic carbocycles. The van der Waals surface area contributed by atoms with Crippen LogP contribution in [-0.4, -0.2) is 16.2 Å². The molecule has 8 aromatic rings. The van der Waals surface area contributed by atoms with Crippen LogP contribution in [0.25, 0.3) is 44.4 Å². The van der Waals surface area contributed by atoms with Gasteiger partial charge in [0.2, 0.25) is 0 Å². The third-order valence-electron chi connectivity index (χ3n) is 11.8. The van der Waals surface area contributed by atoms with E-state index in [1.54, 1.807) is 0 Å². The van der Waals surface area contributed by atoms with Crippen LogP contribution < -0.4 is 14.5 Å². The van der Waals surface area contributed by atoms with E-state index in [1.807, 2.05) is 12.3 Å². The Hall–Kier alpha value is -5.90. The fraction of sp³-hybridized carbons (Fsp3) is 0.228. The van der Waals surface area contributed by atoms with Gasteiger partial charge in [-0.3, -0.25) is 0 Å². The number of fused-ring (bicyclic) bond motifs is 3. The van der Waals surface area contributed by atoms with E-state index in [0.29, 0.717) is 18.2 Å². The van der Waals surface area contributed by atoms with Crippen molar-refractivity contribution >= 4 is 38.9 Å². The van der Waals surface area contributed by atoms with Gasteiger partial charge >= 0.3 is 0 Å². The first kappa shape index (κ1) is 45.1. The van der Waals surface area contributed by atoms with Crippen LogP contribution in [0.1, 0.15) is 84.6 Å². The Labute approximate surface area is 389 Å². The van der Waals surface area contributed by atoms with Crippen LogP contribution >= 0.6 is 0 Å². The van der Waals surface area contributed by atoms with E-state index < -0.39 is 0 Å². The van der Waals surface area contributed by atoms with E-state index in [-0.39, 0.29) is 44.7 Å². The van der Waals surface area contributed by atoms with Crippen molar-refractivity contribution in [1.29, 1.82) is 0 Å². The summed E-state index contributed by atoms with van der Waals surface area (Å²) in [7, 11) is 0.